The topological polar surface area (TPSA) is 85.8 Å². The third-order valence-electron chi connectivity index (χ3n) is 5.02. The second-order valence-electron chi connectivity index (χ2n) is 7.22. The SMILES string of the molecule is CCC(C)NC(=O)c1cc(-c2cn(C)nc2C)nc2onc(-c3ccccc3)c12. The van der Waals surface area contributed by atoms with Crippen LogP contribution in [0.3, 0.4) is 0 Å². The lowest BCUT2D eigenvalue weighted by molar-refractivity contribution is 0.0941. The molecule has 0 fully saturated rings. The largest absolute Gasteiger partial charge is 0.350 e. The van der Waals surface area contributed by atoms with Crippen molar-refractivity contribution in [1.29, 1.82) is 0 Å². The van der Waals surface area contributed by atoms with Crippen LogP contribution in [0.1, 0.15) is 36.3 Å². The van der Waals surface area contributed by atoms with Crippen LogP contribution in [0.2, 0.25) is 0 Å². The fourth-order valence-electron chi connectivity index (χ4n) is 3.32. The summed E-state index contributed by atoms with van der Waals surface area (Å²) in [7, 11) is 1.85. The van der Waals surface area contributed by atoms with Crippen LogP contribution in [0.5, 0.6) is 0 Å². The summed E-state index contributed by atoms with van der Waals surface area (Å²) in [5, 5.41) is 12.3. The van der Waals surface area contributed by atoms with E-state index in [9.17, 15) is 4.79 Å². The highest BCUT2D eigenvalue weighted by Gasteiger charge is 2.23. The predicted molar refractivity (Wildman–Crippen MR) is 111 cm³/mol. The lowest BCUT2D eigenvalue weighted by Crippen LogP contribution is -2.32. The van der Waals surface area contributed by atoms with E-state index in [2.05, 4.69) is 20.6 Å². The Hall–Kier alpha value is -3.48. The van der Waals surface area contributed by atoms with Gasteiger partial charge in [-0.25, -0.2) is 4.98 Å². The molecular weight excluding hydrogens is 366 g/mol. The zero-order chi connectivity index (χ0) is 20.5. The van der Waals surface area contributed by atoms with Gasteiger partial charge >= 0.3 is 0 Å². The van der Waals surface area contributed by atoms with Crippen molar-refractivity contribution in [3.63, 3.8) is 0 Å². The van der Waals surface area contributed by atoms with Crippen LogP contribution in [0.4, 0.5) is 0 Å². The van der Waals surface area contributed by atoms with Gasteiger partial charge in [0.05, 0.1) is 22.3 Å². The van der Waals surface area contributed by atoms with Crippen LogP contribution >= 0.6 is 0 Å². The Morgan fingerprint density at radius 2 is 2.03 bits per heavy atom. The number of amides is 1. The lowest BCUT2D eigenvalue weighted by atomic mass is 10.0. The highest BCUT2D eigenvalue weighted by atomic mass is 16.5. The van der Waals surface area contributed by atoms with Gasteiger partial charge in [-0.3, -0.25) is 9.48 Å². The van der Waals surface area contributed by atoms with Crippen LogP contribution in [0.25, 0.3) is 33.6 Å². The molecule has 1 aromatic carbocycles. The van der Waals surface area contributed by atoms with Gasteiger partial charge in [-0.1, -0.05) is 42.4 Å². The smallest absolute Gasteiger partial charge is 0.259 e. The standard InChI is InChI=1S/C22H23N5O2/c1-5-13(2)23-21(28)16-11-18(17-12-27(4)25-14(17)3)24-22-19(16)20(26-29-22)15-9-7-6-8-10-15/h6-13H,5H2,1-4H3,(H,23,28). The first-order valence-corrected chi connectivity index (χ1v) is 9.65. The first kappa shape index (κ1) is 18.9. The van der Waals surface area contributed by atoms with Crippen molar-refractivity contribution in [2.75, 3.05) is 0 Å². The molecule has 0 aliphatic rings. The summed E-state index contributed by atoms with van der Waals surface area (Å²) in [4.78, 5) is 17.8. The molecule has 7 heteroatoms. The molecule has 1 atom stereocenters. The van der Waals surface area contributed by atoms with Crippen molar-refractivity contribution in [3.8, 4) is 22.5 Å². The van der Waals surface area contributed by atoms with Crippen LogP contribution in [-0.4, -0.2) is 31.9 Å². The average molecular weight is 389 g/mol. The Morgan fingerprint density at radius 3 is 2.69 bits per heavy atom. The Morgan fingerprint density at radius 1 is 1.28 bits per heavy atom. The molecule has 0 aliphatic heterocycles. The third kappa shape index (κ3) is 3.51. The van der Waals surface area contributed by atoms with E-state index in [1.807, 2.05) is 64.3 Å². The van der Waals surface area contributed by atoms with Crippen LogP contribution in [0, 0.1) is 6.92 Å². The normalized spacial score (nSPS) is 12.3. The highest BCUT2D eigenvalue weighted by Crippen LogP contribution is 2.33. The molecule has 1 N–H and O–H groups in total. The number of carbonyl (C=O) groups is 1. The second kappa shape index (κ2) is 7.50. The number of benzene rings is 1. The number of rotatable bonds is 5. The number of fused-ring (bicyclic) bond motifs is 1. The molecule has 0 spiro atoms. The van der Waals surface area contributed by atoms with Crippen molar-refractivity contribution in [2.24, 2.45) is 7.05 Å². The van der Waals surface area contributed by atoms with E-state index in [4.69, 9.17) is 4.52 Å². The van der Waals surface area contributed by atoms with Crippen molar-refractivity contribution in [2.45, 2.75) is 33.2 Å². The average Bonchev–Trinajstić information content (AvgIpc) is 3.30. The van der Waals surface area contributed by atoms with Crippen LogP contribution in [-0.2, 0) is 7.05 Å². The molecule has 7 nitrogen and oxygen atoms in total. The number of pyridine rings is 1. The van der Waals surface area contributed by atoms with Crippen molar-refractivity contribution >= 4 is 17.0 Å². The predicted octanol–water partition coefficient (Wildman–Crippen LogP) is 4.13. The minimum Gasteiger partial charge on any atom is -0.350 e. The van der Waals surface area contributed by atoms with E-state index in [0.717, 1.165) is 23.2 Å². The first-order chi connectivity index (χ1) is 14.0. The number of hydrogen-bond donors (Lipinski definition) is 1. The molecule has 0 saturated carbocycles. The van der Waals surface area contributed by atoms with E-state index in [1.165, 1.54) is 0 Å². The summed E-state index contributed by atoms with van der Waals surface area (Å²) < 4.78 is 7.29. The molecule has 4 rings (SSSR count). The van der Waals surface area contributed by atoms with E-state index in [-0.39, 0.29) is 11.9 Å². The van der Waals surface area contributed by atoms with Gasteiger partial charge in [-0.2, -0.15) is 5.10 Å². The second-order valence-corrected chi connectivity index (χ2v) is 7.22. The van der Waals surface area contributed by atoms with E-state index in [0.29, 0.717) is 28.1 Å². The van der Waals surface area contributed by atoms with Gasteiger partial charge in [0.2, 0.25) is 0 Å². The molecule has 4 aromatic rings. The summed E-state index contributed by atoms with van der Waals surface area (Å²) in [5.74, 6) is -0.171. The van der Waals surface area contributed by atoms with E-state index in [1.54, 1.807) is 10.7 Å². The highest BCUT2D eigenvalue weighted by molar-refractivity contribution is 6.10. The Labute approximate surface area is 168 Å². The molecule has 29 heavy (non-hydrogen) atoms. The summed E-state index contributed by atoms with van der Waals surface area (Å²) >= 11 is 0. The molecule has 1 amide bonds. The monoisotopic (exact) mass is 389 g/mol. The lowest BCUT2D eigenvalue weighted by Gasteiger charge is -2.13. The number of carbonyl (C=O) groups excluding carboxylic acids is 1. The first-order valence-electron chi connectivity index (χ1n) is 9.65. The van der Waals surface area contributed by atoms with Gasteiger partial charge in [0, 0.05) is 30.4 Å². The van der Waals surface area contributed by atoms with Gasteiger partial charge in [-0.15, -0.1) is 0 Å². The minimum atomic E-state index is -0.171. The summed E-state index contributed by atoms with van der Waals surface area (Å²) in [6.07, 6.45) is 2.72. The molecule has 0 saturated heterocycles. The number of nitrogens with one attached hydrogen (secondary N) is 1. The molecule has 3 aromatic heterocycles. The van der Waals surface area contributed by atoms with Gasteiger partial charge in [-0.05, 0) is 26.3 Å². The zero-order valence-electron chi connectivity index (χ0n) is 16.9. The Bertz CT molecular complexity index is 1180. The van der Waals surface area contributed by atoms with Crippen LogP contribution < -0.4 is 5.32 Å². The fourth-order valence-corrected chi connectivity index (χ4v) is 3.32. The van der Waals surface area contributed by atoms with Crippen molar-refractivity contribution in [1.82, 2.24) is 25.2 Å². The molecule has 0 bridgehead atoms. The Kier molecular flexibility index (Phi) is 4.88. The number of aryl methyl sites for hydroxylation is 2. The minimum absolute atomic E-state index is 0.0503. The Balaban J connectivity index is 1.94. The van der Waals surface area contributed by atoms with Crippen molar-refractivity contribution < 1.29 is 9.32 Å². The molecule has 0 radical (unpaired) electrons. The quantitative estimate of drug-likeness (QED) is 0.555. The third-order valence-corrected chi connectivity index (χ3v) is 5.02. The molecule has 1 unspecified atom stereocenters. The van der Waals surface area contributed by atoms with Crippen LogP contribution in [0.15, 0.2) is 47.1 Å². The summed E-state index contributed by atoms with van der Waals surface area (Å²) in [5.41, 5.74) is 4.62. The maximum Gasteiger partial charge on any atom is 0.259 e. The zero-order valence-corrected chi connectivity index (χ0v) is 16.9. The van der Waals surface area contributed by atoms with Gasteiger partial charge < -0.3 is 9.84 Å². The summed E-state index contributed by atoms with van der Waals surface area (Å²) in [6, 6.07) is 11.5. The van der Waals surface area contributed by atoms with E-state index >= 15 is 0 Å². The van der Waals surface area contributed by atoms with Gasteiger partial charge in [0.15, 0.2) is 0 Å². The molecule has 3 heterocycles. The maximum absolute atomic E-state index is 13.2. The van der Waals surface area contributed by atoms with E-state index < -0.39 is 0 Å². The van der Waals surface area contributed by atoms with Crippen molar-refractivity contribution in [3.05, 3.63) is 53.9 Å². The number of hydrogen-bond acceptors (Lipinski definition) is 5. The van der Waals surface area contributed by atoms with Gasteiger partial charge in [0.1, 0.15) is 5.69 Å². The summed E-state index contributed by atoms with van der Waals surface area (Å²) in [6.45, 7) is 5.93. The molecular formula is C22H23N5O2. The number of aromatic nitrogens is 4. The number of nitrogens with zero attached hydrogens (tertiary/aromatic N) is 4. The molecule has 148 valence electrons. The maximum atomic E-state index is 13.2. The fraction of sp³-hybridized carbons (Fsp3) is 0.273. The van der Waals surface area contributed by atoms with Gasteiger partial charge in [0.25, 0.3) is 11.6 Å². The molecule has 0 aliphatic carbocycles.